The number of azo groups is 1. The predicted molar refractivity (Wildman–Crippen MR) is 109 cm³/mol. The molecule has 1 aliphatic heterocycles. The summed E-state index contributed by atoms with van der Waals surface area (Å²) in [5.74, 6) is 0.174. The van der Waals surface area contributed by atoms with Crippen LogP contribution in [0.25, 0.3) is 10.8 Å². The Morgan fingerprint density at radius 3 is 2.17 bits per heavy atom. The Balaban J connectivity index is 1.55. The Morgan fingerprint density at radius 1 is 0.767 bits per heavy atom. The van der Waals surface area contributed by atoms with Crippen LogP contribution in [0.4, 0.5) is 11.4 Å². The molecular formula is C22H22N2O6. The van der Waals surface area contributed by atoms with Gasteiger partial charge in [-0.15, -0.1) is 5.11 Å². The summed E-state index contributed by atoms with van der Waals surface area (Å²) in [6.07, 6.45) is -6.01. The lowest BCUT2D eigenvalue weighted by Gasteiger charge is -2.40. The Morgan fingerprint density at radius 2 is 1.47 bits per heavy atom. The molecular weight excluding hydrogens is 388 g/mol. The van der Waals surface area contributed by atoms with Crippen LogP contribution in [0, 0.1) is 0 Å². The van der Waals surface area contributed by atoms with Gasteiger partial charge in [-0.1, -0.05) is 36.4 Å². The van der Waals surface area contributed by atoms with Gasteiger partial charge in [0.15, 0.2) is 0 Å². The number of phenolic OH excluding ortho intramolecular Hbond substituents is 1. The molecule has 8 nitrogen and oxygen atoms in total. The van der Waals surface area contributed by atoms with Gasteiger partial charge in [0.1, 0.15) is 36.3 Å². The molecule has 1 aliphatic rings. The maximum atomic E-state index is 10.2. The van der Waals surface area contributed by atoms with Crippen LogP contribution in [-0.2, 0) is 4.74 Å². The highest BCUT2D eigenvalue weighted by molar-refractivity contribution is 5.96. The number of phenols is 1. The maximum Gasteiger partial charge on any atom is 0.123 e. The zero-order valence-electron chi connectivity index (χ0n) is 15.9. The van der Waals surface area contributed by atoms with Crippen molar-refractivity contribution in [2.24, 2.45) is 10.2 Å². The lowest BCUT2D eigenvalue weighted by atomic mass is 9.91. The van der Waals surface area contributed by atoms with Gasteiger partial charge in [-0.25, -0.2) is 0 Å². The largest absolute Gasteiger partial charge is 0.507 e. The van der Waals surface area contributed by atoms with E-state index in [0.717, 1.165) is 5.39 Å². The molecule has 4 rings (SSSR count). The second-order valence-electron chi connectivity index (χ2n) is 7.19. The molecule has 0 aromatic heterocycles. The highest BCUT2D eigenvalue weighted by Crippen LogP contribution is 2.35. The number of benzene rings is 3. The summed E-state index contributed by atoms with van der Waals surface area (Å²) in [7, 11) is 0. The molecule has 0 aliphatic carbocycles. The molecule has 1 fully saturated rings. The Labute approximate surface area is 172 Å². The Bertz CT molecular complexity index is 1050. The van der Waals surface area contributed by atoms with Crippen molar-refractivity contribution in [1.29, 1.82) is 0 Å². The number of nitrogens with zero attached hydrogens (tertiary/aromatic N) is 2. The van der Waals surface area contributed by atoms with Crippen molar-refractivity contribution in [1.82, 2.24) is 0 Å². The van der Waals surface area contributed by atoms with E-state index in [1.54, 1.807) is 42.5 Å². The monoisotopic (exact) mass is 410 g/mol. The fourth-order valence-electron chi connectivity index (χ4n) is 3.57. The summed E-state index contributed by atoms with van der Waals surface area (Å²) in [4.78, 5) is 0. The van der Waals surface area contributed by atoms with Gasteiger partial charge in [0.2, 0.25) is 0 Å². The SMILES string of the molecule is OC[C@H]1O[C@@H](c2ccc(N=Nc3ccc(O)c4ccccc34)cc2)[C@H](O)[C@@H](O)[C@H]1O. The van der Waals surface area contributed by atoms with E-state index in [1.165, 1.54) is 0 Å². The number of aliphatic hydroxyl groups excluding tert-OH is 4. The fourth-order valence-corrected chi connectivity index (χ4v) is 3.57. The zero-order chi connectivity index (χ0) is 21.3. The number of ether oxygens (including phenoxy) is 1. The summed E-state index contributed by atoms with van der Waals surface area (Å²) in [5, 5.41) is 59.4. The van der Waals surface area contributed by atoms with E-state index in [9.17, 15) is 25.5 Å². The lowest BCUT2D eigenvalue weighted by Crippen LogP contribution is -2.55. The Kier molecular flexibility index (Phi) is 5.76. The molecule has 0 spiro atoms. The molecule has 8 heteroatoms. The minimum atomic E-state index is -1.43. The molecule has 5 N–H and O–H groups in total. The topological polar surface area (TPSA) is 135 Å². The van der Waals surface area contributed by atoms with Crippen LogP contribution in [0.2, 0.25) is 0 Å². The van der Waals surface area contributed by atoms with Gasteiger partial charge < -0.3 is 30.3 Å². The standard InChI is InChI=1S/C22H22N2O6/c25-11-18-19(27)20(28)21(29)22(30-18)12-5-7-13(8-6-12)23-24-16-9-10-17(26)15-4-2-1-3-14(15)16/h1-10,18-22,25-29H,11H2/t18-,19+,20+,21-,22+/m1/s1. The van der Waals surface area contributed by atoms with Crippen LogP contribution in [-0.4, -0.2) is 56.6 Å². The third kappa shape index (κ3) is 3.79. The van der Waals surface area contributed by atoms with Crippen LogP contribution in [0.5, 0.6) is 5.75 Å². The van der Waals surface area contributed by atoms with Crippen molar-refractivity contribution in [3.63, 3.8) is 0 Å². The first-order valence-electron chi connectivity index (χ1n) is 9.52. The Hall–Kier alpha value is -2.88. The molecule has 1 saturated heterocycles. The minimum absolute atomic E-state index is 0.174. The molecule has 0 unspecified atom stereocenters. The lowest BCUT2D eigenvalue weighted by molar-refractivity contribution is -0.231. The highest BCUT2D eigenvalue weighted by atomic mass is 16.5. The van der Waals surface area contributed by atoms with Gasteiger partial charge in [0.25, 0.3) is 0 Å². The van der Waals surface area contributed by atoms with E-state index < -0.39 is 37.1 Å². The van der Waals surface area contributed by atoms with Crippen molar-refractivity contribution in [3.05, 3.63) is 66.2 Å². The van der Waals surface area contributed by atoms with Gasteiger partial charge in [-0.05, 0) is 29.8 Å². The van der Waals surface area contributed by atoms with Crippen LogP contribution < -0.4 is 0 Å². The van der Waals surface area contributed by atoms with Gasteiger partial charge in [-0.3, -0.25) is 0 Å². The van der Waals surface area contributed by atoms with Crippen molar-refractivity contribution in [2.75, 3.05) is 6.61 Å². The smallest absolute Gasteiger partial charge is 0.123 e. The molecule has 156 valence electrons. The zero-order valence-corrected chi connectivity index (χ0v) is 15.9. The van der Waals surface area contributed by atoms with E-state index in [1.807, 2.05) is 18.2 Å². The first-order chi connectivity index (χ1) is 14.5. The van der Waals surface area contributed by atoms with E-state index in [-0.39, 0.29) is 5.75 Å². The highest BCUT2D eigenvalue weighted by Gasteiger charge is 2.43. The second-order valence-corrected chi connectivity index (χ2v) is 7.19. The summed E-state index contributed by atoms with van der Waals surface area (Å²) in [5.41, 5.74) is 1.74. The average molecular weight is 410 g/mol. The van der Waals surface area contributed by atoms with Crippen LogP contribution in [0.1, 0.15) is 11.7 Å². The first-order valence-corrected chi connectivity index (χ1v) is 9.52. The summed E-state index contributed by atoms with van der Waals surface area (Å²) in [6, 6.07) is 17.3. The number of aliphatic hydroxyl groups is 4. The van der Waals surface area contributed by atoms with Crippen molar-refractivity contribution in [3.8, 4) is 5.75 Å². The second kappa shape index (κ2) is 8.47. The number of fused-ring (bicyclic) bond motifs is 1. The molecule has 0 saturated carbocycles. The fraction of sp³-hybridized carbons (Fsp3) is 0.273. The van der Waals surface area contributed by atoms with Crippen molar-refractivity contribution < 1.29 is 30.3 Å². The summed E-state index contributed by atoms with van der Waals surface area (Å²) < 4.78 is 5.56. The van der Waals surface area contributed by atoms with E-state index in [0.29, 0.717) is 22.3 Å². The molecule has 1 heterocycles. The molecule has 0 radical (unpaired) electrons. The number of rotatable bonds is 4. The number of aromatic hydroxyl groups is 1. The van der Waals surface area contributed by atoms with Gasteiger partial charge in [0.05, 0.1) is 18.0 Å². The molecule has 3 aromatic carbocycles. The van der Waals surface area contributed by atoms with Gasteiger partial charge in [-0.2, -0.15) is 5.11 Å². The maximum absolute atomic E-state index is 10.2. The quantitative estimate of drug-likeness (QED) is 0.419. The summed E-state index contributed by atoms with van der Waals surface area (Å²) >= 11 is 0. The van der Waals surface area contributed by atoms with Crippen LogP contribution in [0.15, 0.2) is 70.9 Å². The summed E-state index contributed by atoms with van der Waals surface area (Å²) in [6.45, 7) is -0.478. The van der Waals surface area contributed by atoms with Crippen molar-refractivity contribution in [2.45, 2.75) is 30.5 Å². The minimum Gasteiger partial charge on any atom is -0.507 e. The van der Waals surface area contributed by atoms with Crippen molar-refractivity contribution >= 4 is 22.1 Å². The third-order valence-corrected chi connectivity index (χ3v) is 5.27. The number of hydrogen-bond donors (Lipinski definition) is 5. The molecule has 30 heavy (non-hydrogen) atoms. The normalized spacial score (nSPS) is 27.0. The van der Waals surface area contributed by atoms with Crippen LogP contribution in [0.3, 0.4) is 0 Å². The van der Waals surface area contributed by atoms with Gasteiger partial charge >= 0.3 is 0 Å². The average Bonchev–Trinajstić information content (AvgIpc) is 2.78. The predicted octanol–water partition coefficient (Wildman–Crippen LogP) is 2.48. The molecule has 5 atom stereocenters. The van der Waals surface area contributed by atoms with E-state index in [2.05, 4.69) is 10.2 Å². The third-order valence-electron chi connectivity index (χ3n) is 5.27. The molecule has 0 amide bonds. The first kappa shape index (κ1) is 20.4. The number of hydrogen-bond acceptors (Lipinski definition) is 8. The van der Waals surface area contributed by atoms with E-state index >= 15 is 0 Å². The molecule has 0 bridgehead atoms. The van der Waals surface area contributed by atoms with Crippen LogP contribution >= 0.6 is 0 Å². The van der Waals surface area contributed by atoms with E-state index in [4.69, 9.17) is 4.74 Å². The molecule has 3 aromatic rings. The van der Waals surface area contributed by atoms with Gasteiger partial charge in [0, 0.05) is 10.8 Å².